The Bertz CT molecular complexity index is 94.9. The molecule has 166 valence electrons. The first kappa shape index (κ1) is 663. The Morgan fingerprint density at radius 3 is 0.364 bits per heavy atom. The van der Waals surface area contributed by atoms with Gasteiger partial charge in [-0.2, -0.15) is 8.42 Å². The largest absolute Gasteiger partial charge is 0.412 e. The zero-order valence-corrected chi connectivity index (χ0v) is 10.9. The summed E-state index contributed by atoms with van der Waals surface area (Å²) < 4.78 is 31.6. The van der Waals surface area contributed by atoms with Gasteiger partial charge in [-0.05, 0) is 0 Å². The summed E-state index contributed by atoms with van der Waals surface area (Å²) in [6.07, 6.45) is 0. The van der Waals surface area contributed by atoms with Gasteiger partial charge in [0.05, 0.1) is 0 Å². The van der Waals surface area contributed by atoms with E-state index in [0.717, 1.165) is 0 Å². The quantitative estimate of drug-likeness (QED) is 0.286. The fraction of sp³-hybridized carbons (Fsp3) is 0. The van der Waals surface area contributed by atoms with Gasteiger partial charge in [0.1, 0.15) is 0 Å². The summed E-state index contributed by atoms with van der Waals surface area (Å²) in [6.45, 7) is 0. The minimum atomic E-state index is -4.67. The van der Waals surface area contributed by atoms with Crippen molar-refractivity contribution >= 4 is 27.8 Å². The van der Waals surface area contributed by atoms with E-state index in [4.69, 9.17) is 17.5 Å². The fourth-order valence-electron chi connectivity index (χ4n) is 0. The predicted octanol–water partition coefficient (Wildman–Crippen LogP) is -15.0. The Hall–Kier alpha value is -0.238. The second kappa shape index (κ2) is 244. The molecular formula is H37AlO20S. The van der Waals surface area contributed by atoms with Crippen LogP contribution in [0.5, 0.6) is 0 Å². The third kappa shape index (κ3) is 123000. The molecule has 0 aliphatic carbocycles. The van der Waals surface area contributed by atoms with Gasteiger partial charge in [0.15, 0.2) is 17.4 Å². The molecule has 0 saturated carbocycles. The Kier molecular flexibility index (Phi) is 7360. The van der Waals surface area contributed by atoms with Crippen LogP contribution in [0.15, 0.2) is 0 Å². The summed E-state index contributed by atoms with van der Waals surface area (Å²) in [4.78, 5) is 0. The van der Waals surface area contributed by atoms with Gasteiger partial charge in [0, 0.05) is 0 Å². The lowest BCUT2D eigenvalue weighted by Gasteiger charge is -1.68. The maximum atomic E-state index is 8.74. The van der Waals surface area contributed by atoms with Crippen LogP contribution < -0.4 is 0 Å². The summed E-state index contributed by atoms with van der Waals surface area (Å²) in [5, 5.41) is 0. The zero-order chi connectivity index (χ0) is 4.50. The summed E-state index contributed by atoms with van der Waals surface area (Å²) >= 11 is 0. The lowest BCUT2D eigenvalue weighted by Crippen LogP contribution is -1.89. The van der Waals surface area contributed by atoms with E-state index in [1.54, 1.807) is 0 Å². The molecule has 0 amide bonds. The Balaban J connectivity index is -0.000000000588. The highest BCUT2D eigenvalue weighted by Gasteiger charge is 1.84. The van der Waals surface area contributed by atoms with Gasteiger partial charge in [0.2, 0.25) is 0 Å². The van der Waals surface area contributed by atoms with Crippen molar-refractivity contribution in [3.05, 3.63) is 0 Å². The Morgan fingerprint density at radius 2 is 0.364 bits per heavy atom. The molecule has 22 heteroatoms. The maximum Gasteiger partial charge on any atom is 0.394 e. The van der Waals surface area contributed by atoms with Gasteiger partial charge < -0.3 is 87.6 Å². The summed E-state index contributed by atoms with van der Waals surface area (Å²) in [6, 6.07) is 0. The predicted molar refractivity (Wildman–Crippen MR) is 81.9 cm³/mol. The molecule has 0 aromatic heterocycles. The molecule has 0 aromatic rings. The molecule has 0 unspecified atom stereocenters. The molecule has 0 aliphatic rings. The monoisotopic (exact) mass is 416 g/mol. The second-order valence-electron chi connectivity index (χ2n) is 0.448. The minimum Gasteiger partial charge on any atom is -0.412 e. The van der Waals surface area contributed by atoms with Crippen molar-refractivity contribution in [3.63, 3.8) is 0 Å². The van der Waals surface area contributed by atoms with Crippen molar-refractivity contribution in [2.45, 2.75) is 0 Å². The fourth-order valence-corrected chi connectivity index (χ4v) is 0. The maximum absolute atomic E-state index is 8.74. The third-order valence-electron chi connectivity index (χ3n) is 0. The molecule has 0 bridgehead atoms. The van der Waals surface area contributed by atoms with Crippen molar-refractivity contribution in [1.82, 2.24) is 0 Å². The number of rotatable bonds is 0. The first-order valence-electron chi connectivity index (χ1n) is 0.698. The van der Waals surface area contributed by atoms with E-state index in [-0.39, 0.29) is 105 Å². The van der Waals surface area contributed by atoms with Crippen LogP contribution in [0, 0.1) is 0 Å². The van der Waals surface area contributed by atoms with Gasteiger partial charge in [-0.15, -0.1) is 0 Å². The van der Waals surface area contributed by atoms with Gasteiger partial charge >= 0.3 is 10.4 Å². The first-order valence-corrected chi connectivity index (χ1v) is 2.10. The molecule has 0 saturated heterocycles. The molecule has 0 aromatic carbocycles. The molecule has 34 N–H and O–H groups in total. The molecule has 20 nitrogen and oxygen atoms in total. The highest BCUT2D eigenvalue weighted by Crippen LogP contribution is 1.59. The van der Waals surface area contributed by atoms with E-state index >= 15 is 0 Å². The first-order chi connectivity index (χ1) is 2.00. The van der Waals surface area contributed by atoms with E-state index in [0.29, 0.717) is 0 Å². The Labute approximate surface area is 134 Å². The molecule has 0 fully saturated rings. The molecule has 0 rings (SSSR count). The normalized spacial score (nSPS) is 2.64. The minimum absolute atomic E-state index is 0. The topological polar surface area (TPSA) is 579 Å². The van der Waals surface area contributed by atoms with Crippen LogP contribution in [-0.2, 0) is 10.4 Å². The van der Waals surface area contributed by atoms with Crippen LogP contribution in [-0.4, -0.2) is 123 Å². The van der Waals surface area contributed by atoms with Crippen molar-refractivity contribution in [1.29, 1.82) is 0 Å². The summed E-state index contributed by atoms with van der Waals surface area (Å²) in [5.74, 6) is 0. The smallest absolute Gasteiger partial charge is 0.394 e. The molecule has 0 spiro atoms. The summed E-state index contributed by atoms with van der Waals surface area (Å²) in [7, 11) is -4.67. The van der Waals surface area contributed by atoms with Gasteiger partial charge in [0.25, 0.3) is 0 Å². The van der Waals surface area contributed by atoms with Crippen LogP contribution >= 0.6 is 0 Å². The van der Waals surface area contributed by atoms with Crippen LogP contribution in [0.3, 0.4) is 0 Å². The van der Waals surface area contributed by atoms with Crippen molar-refractivity contribution in [3.8, 4) is 0 Å². The highest BCUT2D eigenvalue weighted by molar-refractivity contribution is 7.79. The van der Waals surface area contributed by atoms with E-state index in [9.17, 15) is 0 Å². The van der Waals surface area contributed by atoms with Crippen LogP contribution in [0.4, 0.5) is 0 Å². The highest BCUT2D eigenvalue weighted by atomic mass is 32.3. The van der Waals surface area contributed by atoms with Gasteiger partial charge in [-0.25, -0.2) is 0 Å². The van der Waals surface area contributed by atoms with Crippen LogP contribution in [0.1, 0.15) is 0 Å². The van der Waals surface area contributed by atoms with Crippen molar-refractivity contribution < 1.29 is 105 Å². The zero-order valence-electron chi connectivity index (χ0n) is 10.1. The van der Waals surface area contributed by atoms with Gasteiger partial charge in [-0.1, -0.05) is 0 Å². The number of hydrogen-bond donors (Lipinski definition) is 2. The molecule has 0 atom stereocenters. The van der Waals surface area contributed by atoms with Crippen LogP contribution in [0.25, 0.3) is 0 Å². The van der Waals surface area contributed by atoms with Crippen molar-refractivity contribution in [2.24, 2.45) is 0 Å². The van der Waals surface area contributed by atoms with Gasteiger partial charge in [-0.3, -0.25) is 9.11 Å². The molecular weight excluding hydrogens is 379 g/mol. The molecule has 0 heterocycles. The lowest BCUT2D eigenvalue weighted by atomic mass is 15.8. The average molecular weight is 416 g/mol. The van der Waals surface area contributed by atoms with E-state index < -0.39 is 10.4 Å². The SMILES string of the molecule is O.O.O.O.O.O.O.O.O.O.O.O.O.O.O.O.O=S(=O)(O)O.[AlH3]. The van der Waals surface area contributed by atoms with Crippen molar-refractivity contribution in [2.75, 3.05) is 0 Å². The average Bonchev–Trinajstić information content (AvgIpc) is 0.722. The lowest BCUT2D eigenvalue weighted by molar-refractivity contribution is 0.380. The molecule has 0 radical (unpaired) electrons. The standard InChI is InChI=1S/Al.H2O4S.16H2O.3H/c;1-5(2,3)4;;;;;;;;;;;;;;;;;;;/h;(H2,1,2,3,4);16*1H2;;;. The third-order valence-corrected chi connectivity index (χ3v) is 0. The Morgan fingerprint density at radius 1 is 0.364 bits per heavy atom. The van der Waals surface area contributed by atoms with E-state index in [1.807, 2.05) is 0 Å². The molecule has 0 aliphatic heterocycles. The second-order valence-corrected chi connectivity index (χ2v) is 1.34. The van der Waals surface area contributed by atoms with E-state index in [1.165, 1.54) is 0 Å². The number of hydrogen-bond acceptors (Lipinski definition) is 2. The van der Waals surface area contributed by atoms with E-state index in [2.05, 4.69) is 0 Å². The summed E-state index contributed by atoms with van der Waals surface area (Å²) in [5.41, 5.74) is 0. The van der Waals surface area contributed by atoms with Crippen LogP contribution in [0.2, 0.25) is 0 Å². The molecule has 22 heavy (non-hydrogen) atoms.